The van der Waals surface area contributed by atoms with Gasteiger partial charge >= 0.3 is 0 Å². The molecule has 0 fully saturated rings. The minimum atomic E-state index is 0.436. The number of nitrogen functional groups attached to an aromatic ring is 1. The third-order valence-corrected chi connectivity index (χ3v) is 4.01. The zero-order valence-electron chi connectivity index (χ0n) is 7.92. The second-order valence-corrected chi connectivity index (χ2v) is 5.11. The molecule has 0 aliphatic carbocycles. The number of aromatic nitrogens is 1. The van der Waals surface area contributed by atoms with E-state index in [4.69, 9.17) is 10.3 Å². The number of aryl methyl sites for hydroxylation is 1. The Morgan fingerprint density at radius 2 is 2.20 bits per heavy atom. The number of rotatable bonds is 1. The van der Waals surface area contributed by atoms with E-state index in [9.17, 15) is 0 Å². The molecule has 0 amide bonds. The van der Waals surface area contributed by atoms with E-state index in [0.29, 0.717) is 5.82 Å². The minimum absolute atomic E-state index is 0.436. The first-order valence-corrected chi connectivity index (χ1v) is 6.14. The molecule has 0 aliphatic rings. The molecule has 0 saturated carbocycles. The Hall–Kier alpha value is -0.560. The van der Waals surface area contributed by atoms with Crippen LogP contribution in [0.3, 0.4) is 0 Å². The number of halogens is 2. The van der Waals surface area contributed by atoms with Crippen molar-refractivity contribution in [3.8, 4) is 11.3 Å². The molecule has 2 N–H and O–H groups in total. The maximum Gasteiger partial charge on any atom is 0.182 e. The van der Waals surface area contributed by atoms with Gasteiger partial charge in [-0.25, -0.2) is 0 Å². The molecule has 0 spiro atoms. The van der Waals surface area contributed by atoms with Gasteiger partial charge in [0.25, 0.3) is 0 Å². The van der Waals surface area contributed by atoms with Gasteiger partial charge in [0.15, 0.2) is 11.6 Å². The zero-order chi connectivity index (χ0) is 11.0. The monoisotopic (exact) mass is 378 g/mol. The summed E-state index contributed by atoms with van der Waals surface area (Å²) in [6, 6.07) is 5.99. The third-order valence-electron chi connectivity index (χ3n) is 2.08. The zero-order valence-corrected chi connectivity index (χ0v) is 11.7. The van der Waals surface area contributed by atoms with E-state index in [0.717, 1.165) is 24.9 Å². The summed E-state index contributed by atoms with van der Waals surface area (Å²) in [5, 5.41) is 3.73. The molecule has 5 heteroatoms. The Morgan fingerprint density at radius 3 is 2.73 bits per heavy atom. The molecule has 15 heavy (non-hydrogen) atoms. The fraction of sp³-hybridized carbons (Fsp3) is 0.100. The summed E-state index contributed by atoms with van der Waals surface area (Å²) in [5.41, 5.74) is 7.77. The number of nitrogens with zero attached hydrogens (tertiary/aromatic N) is 1. The van der Waals surface area contributed by atoms with Crippen molar-refractivity contribution < 1.29 is 4.52 Å². The van der Waals surface area contributed by atoms with Gasteiger partial charge in [-0.1, -0.05) is 21.1 Å². The van der Waals surface area contributed by atoms with Crippen LogP contribution >= 0.6 is 38.5 Å². The maximum atomic E-state index is 5.62. The normalized spacial score (nSPS) is 10.6. The summed E-state index contributed by atoms with van der Waals surface area (Å²) in [7, 11) is 0. The summed E-state index contributed by atoms with van der Waals surface area (Å²) >= 11 is 5.58. The highest BCUT2D eigenvalue weighted by Gasteiger charge is 2.13. The molecule has 0 aliphatic heterocycles. The Morgan fingerprint density at radius 1 is 1.47 bits per heavy atom. The second-order valence-electron chi connectivity index (χ2n) is 3.17. The van der Waals surface area contributed by atoms with Gasteiger partial charge in [0, 0.05) is 10.0 Å². The average molecular weight is 379 g/mol. The highest BCUT2D eigenvalue weighted by atomic mass is 127. The summed E-state index contributed by atoms with van der Waals surface area (Å²) in [5.74, 6) is 1.16. The summed E-state index contributed by atoms with van der Waals surface area (Å²) in [4.78, 5) is 0. The molecule has 0 bridgehead atoms. The van der Waals surface area contributed by atoms with E-state index in [1.165, 1.54) is 0 Å². The minimum Gasteiger partial charge on any atom is -0.380 e. The lowest BCUT2D eigenvalue weighted by Crippen LogP contribution is -1.86. The molecule has 0 saturated heterocycles. The first-order valence-electron chi connectivity index (χ1n) is 4.26. The largest absolute Gasteiger partial charge is 0.380 e. The predicted molar refractivity (Wildman–Crippen MR) is 71.5 cm³/mol. The lowest BCUT2D eigenvalue weighted by atomic mass is 10.1. The van der Waals surface area contributed by atoms with Gasteiger partial charge in [-0.3, -0.25) is 0 Å². The average Bonchev–Trinajstić information content (AvgIpc) is 2.53. The molecular weight excluding hydrogens is 371 g/mol. The molecule has 3 nitrogen and oxygen atoms in total. The van der Waals surface area contributed by atoms with Crippen LogP contribution in [0.1, 0.15) is 5.56 Å². The molecule has 2 aromatic rings. The number of nitrogens with two attached hydrogens (primary N) is 1. The number of hydrogen-bond donors (Lipinski definition) is 1. The highest BCUT2D eigenvalue weighted by molar-refractivity contribution is 14.1. The van der Waals surface area contributed by atoms with E-state index in [2.05, 4.69) is 43.7 Å². The van der Waals surface area contributed by atoms with Gasteiger partial charge in [-0.15, -0.1) is 0 Å². The molecule has 1 aromatic heterocycles. The van der Waals surface area contributed by atoms with Gasteiger partial charge in [-0.2, -0.15) is 0 Å². The van der Waals surface area contributed by atoms with Gasteiger partial charge < -0.3 is 10.3 Å². The second kappa shape index (κ2) is 4.13. The first-order chi connectivity index (χ1) is 7.09. The van der Waals surface area contributed by atoms with Gasteiger partial charge in [0.2, 0.25) is 0 Å². The predicted octanol–water partition coefficient (Wildman–Crippen LogP) is 3.60. The van der Waals surface area contributed by atoms with Crippen molar-refractivity contribution in [3.05, 3.63) is 31.8 Å². The van der Waals surface area contributed by atoms with E-state index in [-0.39, 0.29) is 0 Å². The van der Waals surface area contributed by atoms with Crippen LogP contribution in [-0.4, -0.2) is 5.16 Å². The summed E-state index contributed by atoms with van der Waals surface area (Å²) in [6.45, 7) is 2.03. The lowest BCUT2D eigenvalue weighted by Gasteiger charge is -2.01. The maximum absolute atomic E-state index is 5.62. The number of benzene rings is 1. The van der Waals surface area contributed by atoms with Crippen molar-refractivity contribution in [2.75, 3.05) is 5.73 Å². The van der Waals surface area contributed by atoms with E-state index < -0.39 is 0 Å². The molecule has 0 radical (unpaired) electrons. The Balaban J connectivity index is 2.55. The van der Waals surface area contributed by atoms with Crippen molar-refractivity contribution in [3.63, 3.8) is 0 Å². The smallest absolute Gasteiger partial charge is 0.182 e. The van der Waals surface area contributed by atoms with E-state index in [1.807, 2.05) is 25.1 Å². The number of hydrogen-bond acceptors (Lipinski definition) is 3. The molecule has 78 valence electrons. The van der Waals surface area contributed by atoms with Gasteiger partial charge in [0.1, 0.15) is 3.57 Å². The fourth-order valence-corrected chi connectivity index (χ4v) is 2.01. The third kappa shape index (κ3) is 2.03. The number of anilines is 1. The van der Waals surface area contributed by atoms with Crippen LogP contribution < -0.4 is 5.73 Å². The van der Waals surface area contributed by atoms with Crippen LogP contribution in [0.15, 0.2) is 27.2 Å². The molecule has 1 heterocycles. The Kier molecular flexibility index (Phi) is 3.01. The summed E-state index contributed by atoms with van der Waals surface area (Å²) in [6.07, 6.45) is 0. The van der Waals surface area contributed by atoms with Crippen molar-refractivity contribution in [2.45, 2.75) is 6.92 Å². The molecular formula is C10H8BrIN2O. The van der Waals surface area contributed by atoms with E-state index >= 15 is 0 Å². The van der Waals surface area contributed by atoms with Crippen molar-refractivity contribution in [1.29, 1.82) is 0 Å². The highest BCUT2D eigenvalue weighted by Crippen LogP contribution is 2.31. The van der Waals surface area contributed by atoms with Crippen molar-refractivity contribution in [2.24, 2.45) is 0 Å². The molecule has 0 unspecified atom stereocenters. The lowest BCUT2D eigenvalue weighted by molar-refractivity contribution is 0.435. The van der Waals surface area contributed by atoms with Crippen LogP contribution in [0.5, 0.6) is 0 Å². The van der Waals surface area contributed by atoms with Crippen LogP contribution in [0, 0.1) is 10.5 Å². The molecule has 0 atom stereocenters. The van der Waals surface area contributed by atoms with Crippen molar-refractivity contribution >= 4 is 44.3 Å². The Bertz CT molecular complexity index is 510. The van der Waals surface area contributed by atoms with Crippen LogP contribution in [0.25, 0.3) is 11.3 Å². The van der Waals surface area contributed by atoms with E-state index in [1.54, 1.807) is 0 Å². The van der Waals surface area contributed by atoms with Crippen LogP contribution in [0.2, 0.25) is 0 Å². The standard InChI is InChI=1S/C10H8BrIN2O/c1-5-4-6(2-3-7(5)11)9-8(12)10(13)14-15-9/h2-4H,1H3,(H2,13,14). The topological polar surface area (TPSA) is 52.0 Å². The Labute approximate surface area is 109 Å². The quantitative estimate of drug-likeness (QED) is 0.771. The van der Waals surface area contributed by atoms with Gasteiger partial charge in [0.05, 0.1) is 0 Å². The van der Waals surface area contributed by atoms with Gasteiger partial charge in [-0.05, 0) is 53.3 Å². The molecule has 2 rings (SSSR count). The van der Waals surface area contributed by atoms with Crippen LogP contribution in [0.4, 0.5) is 5.82 Å². The van der Waals surface area contributed by atoms with Crippen molar-refractivity contribution in [1.82, 2.24) is 5.16 Å². The molecule has 1 aromatic carbocycles. The summed E-state index contributed by atoms with van der Waals surface area (Å²) < 4.78 is 7.11. The first kappa shape index (κ1) is 10.9. The fourth-order valence-electron chi connectivity index (χ4n) is 1.26. The van der Waals surface area contributed by atoms with Crippen LogP contribution in [-0.2, 0) is 0 Å². The SMILES string of the molecule is Cc1cc(-c2onc(N)c2I)ccc1Br.